The van der Waals surface area contributed by atoms with Crippen molar-refractivity contribution in [2.75, 3.05) is 0 Å². The Morgan fingerprint density at radius 2 is 0.468 bits per heavy atom. The van der Waals surface area contributed by atoms with Crippen LogP contribution in [-0.4, -0.2) is 78.5 Å². The monoisotopic (exact) mass is 1700 g/mol. The van der Waals surface area contributed by atoms with Gasteiger partial charge in [0, 0.05) is 98.0 Å². The molecule has 0 saturated carbocycles. The third-order valence-corrected chi connectivity index (χ3v) is 21.0. The lowest BCUT2D eigenvalue weighted by Crippen LogP contribution is -2.05. The second kappa shape index (κ2) is 36.3. The summed E-state index contributed by atoms with van der Waals surface area (Å²) in [6.45, 7) is 27.8. The zero-order valence-corrected chi connectivity index (χ0v) is 68.5. The largest absolute Gasteiger partial charge is 0.508 e. The SMILES string of the molecule is II.[2H]Oc1ccc(C)cc1Cc1c(C)c(Cc2cc(C)c(O[2H])c(Cc3cc(C)ccc3O[2H])c2C)cc(C)c1O[2H].[2H]Oc1ccc(C)cc1Cc1cc(Cc2cc(Cc3cc(C)ccc3O[2H])c(C)c(O[2H])c2)cc(O[2H])c1C.[2H]Oc1ccc(Cc2c(C)c(Cc3cc(C)c(O[2H])c(Cc4ccc(O[2H])cc4)c3C)cc(C)c2O[2H])cc1. The molecule has 12 N–H and O–H groups in total. The number of rotatable bonds is 30. The number of benzene rings is 12. The fourth-order valence-electron chi connectivity index (χ4n) is 14.4. The molecule has 0 aliphatic carbocycles. The third kappa shape index (κ3) is 20.3. The molecule has 12 rings (SSSR count). The van der Waals surface area contributed by atoms with Crippen molar-refractivity contribution in [3.8, 4) is 69.0 Å². The zero-order chi connectivity index (χ0) is 88.1. The van der Waals surface area contributed by atoms with E-state index in [2.05, 4.69) is 97.7 Å². The summed E-state index contributed by atoms with van der Waals surface area (Å²) in [4.78, 5) is 0. The van der Waals surface area contributed by atoms with Crippen LogP contribution in [0.25, 0.3) is 0 Å². The summed E-state index contributed by atoms with van der Waals surface area (Å²) in [5.41, 5.74) is 31.1. The van der Waals surface area contributed by atoms with E-state index >= 15 is 0 Å². The number of hydrogen-bond acceptors (Lipinski definition) is 12. The van der Waals surface area contributed by atoms with Gasteiger partial charge in [0.1, 0.15) is 69.0 Å². The molecular formula is C95H100I2O12. The summed E-state index contributed by atoms with van der Waals surface area (Å²) in [5.74, 6) is 5.95. The smallest absolute Gasteiger partial charge is 0.293 e. The molecule has 0 aromatic heterocycles. The van der Waals surface area contributed by atoms with Crippen molar-refractivity contribution in [3.63, 3.8) is 0 Å². The van der Waals surface area contributed by atoms with Crippen molar-refractivity contribution in [3.05, 3.63) is 348 Å². The predicted octanol–water partition coefficient (Wildman–Crippen LogP) is 21.9. The second-order valence-electron chi connectivity index (χ2n) is 29.2. The molecule has 0 amide bonds. The summed E-state index contributed by atoms with van der Waals surface area (Å²) in [6, 6.07) is 53.7. The Bertz CT molecular complexity index is 5280. The quantitative estimate of drug-likeness (QED) is 0.0188. The fraction of sp³-hybridized carbons (Fsp3) is 0.242. The number of aryl methyl sites for hydroxylation is 8. The van der Waals surface area contributed by atoms with Gasteiger partial charge in [-0.25, -0.2) is 0 Å². The van der Waals surface area contributed by atoms with Gasteiger partial charge in [0.2, 0.25) is 0 Å². The van der Waals surface area contributed by atoms with Gasteiger partial charge >= 0.3 is 0 Å². The van der Waals surface area contributed by atoms with E-state index in [0.29, 0.717) is 127 Å². The molecule has 12 aromatic rings. The van der Waals surface area contributed by atoms with Gasteiger partial charge in [0.25, 0.3) is 17.2 Å². The molecule has 0 aliphatic rings. The van der Waals surface area contributed by atoms with Crippen molar-refractivity contribution in [2.24, 2.45) is 0 Å². The molecule has 0 bridgehead atoms. The molecule has 0 radical (unpaired) electrons. The van der Waals surface area contributed by atoms with Crippen LogP contribution in [-0.2, 0) is 57.8 Å². The Morgan fingerprint density at radius 3 is 0.734 bits per heavy atom. The van der Waals surface area contributed by atoms with Crippen LogP contribution in [0.15, 0.2) is 170 Å². The Balaban J connectivity index is 0.000000204. The highest BCUT2D eigenvalue weighted by atomic mass is 128. The zero-order valence-electron chi connectivity index (χ0n) is 76.2. The van der Waals surface area contributed by atoms with Crippen molar-refractivity contribution in [2.45, 2.75) is 155 Å². The van der Waals surface area contributed by atoms with Gasteiger partial charge in [-0.3, -0.25) is 0 Å². The van der Waals surface area contributed by atoms with Crippen molar-refractivity contribution < 1.29 is 61.3 Å². The number of phenolic OH excluding ortho intramolecular Hbond substituents is 12. The summed E-state index contributed by atoms with van der Waals surface area (Å²) in [5, 5.41) is 59.0. The van der Waals surface area contributed by atoms with Crippen molar-refractivity contribution in [1.82, 2.24) is 0 Å². The lowest BCUT2D eigenvalue weighted by Gasteiger charge is -2.20. The predicted molar refractivity (Wildman–Crippen MR) is 457 cm³/mol. The first-order chi connectivity index (χ1) is 58.1. The molecule has 12 nitrogen and oxygen atoms in total. The molecule has 566 valence electrons. The summed E-state index contributed by atoms with van der Waals surface area (Å²) >= 11 is 4.24. The molecule has 0 aliphatic heterocycles. The van der Waals surface area contributed by atoms with Gasteiger partial charge in [0.05, 0.1) is 0 Å². The highest BCUT2D eigenvalue weighted by molar-refractivity contribution is 15.0. The number of phenols is 12. The van der Waals surface area contributed by atoms with Crippen LogP contribution in [0.4, 0.5) is 0 Å². The van der Waals surface area contributed by atoms with Crippen LogP contribution in [0.5, 0.6) is 69.0 Å². The molecular weight excluding hydrogens is 1590 g/mol. The van der Waals surface area contributed by atoms with Crippen LogP contribution in [0.2, 0.25) is 0 Å². The van der Waals surface area contributed by atoms with Crippen molar-refractivity contribution in [1.29, 1.82) is 17.2 Å². The molecule has 0 saturated heterocycles. The Morgan fingerprint density at radius 1 is 0.211 bits per heavy atom. The van der Waals surface area contributed by atoms with Gasteiger partial charge in [0.15, 0.2) is 0 Å². The minimum atomic E-state index is 0.461. The fourth-order valence-corrected chi connectivity index (χ4v) is 14.4. The van der Waals surface area contributed by atoms with E-state index in [4.69, 9.17) is 68.3 Å². The Kier molecular flexibility index (Phi) is 22.3. The van der Waals surface area contributed by atoms with E-state index < -0.39 is 0 Å². The standard InChI is InChI=1S/C33H36O4.2C31H32O4.I2/c1-18-7-9-30(34)26(11-18)16-28-22(5)24(13-20(3)32(28)36)15-25-14-21(4)33(37)29(23(25)6)17-27-12-19(2)8-10-31(27)35;1-18-13-24(20(3)28(30(18)34)15-22-5-9-26(32)10-6-22)17-25-14-19(2)31(35)29(21(25)4)16-23-7-11-27(33)12-8-23;1-18-5-7-28(32)26(9-18)16-24-12-22(14-30(34)20(24)3)11-23-13-25(21(4)31(35)15-23)17-27-10-19(2)6-8-29(27)33;1-2/h7-14,34-37H,15-17H2,1-6H3;5-14,32-35H,15-17H2,1-4H3;5-10,12-15,32-35H,11,16-17H2,1-4H3;/i/hD12. The lowest BCUT2D eigenvalue weighted by molar-refractivity contribution is 0.459. The molecule has 0 fully saturated rings. The highest BCUT2D eigenvalue weighted by Gasteiger charge is 2.23. The minimum absolute atomic E-state index is 0.461. The first-order valence-electron chi connectivity index (χ1n) is 41.1. The molecule has 0 unspecified atom stereocenters. The topological polar surface area (TPSA) is 243 Å². The van der Waals surface area contributed by atoms with Crippen LogP contribution in [0, 0.1) is 96.9 Å². The Labute approximate surface area is 682 Å². The van der Waals surface area contributed by atoms with Crippen LogP contribution in [0.1, 0.15) is 178 Å². The molecule has 109 heavy (non-hydrogen) atoms. The van der Waals surface area contributed by atoms with Gasteiger partial charge in [-0.2, -0.15) is 0 Å². The molecule has 0 spiro atoms. The van der Waals surface area contributed by atoms with E-state index in [1.807, 2.05) is 168 Å². The third-order valence-electron chi connectivity index (χ3n) is 21.0. The highest BCUT2D eigenvalue weighted by Crippen LogP contribution is 2.41. The van der Waals surface area contributed by atoms with Crippen LogP contribution in [0.3, 0.4) is 0 Å². The van der Waals surface area contributed by atoms with Crippen LogP contribution < -0.4 is 0 Å². The van der Waals surface area contributed by atoms with Gasteiger partial charge < -0.3 is 61.3 Å². The second-order valence-corrected chi connectivity index (χ2v) is 29.2. The summed E-state index contributed by atoms with van der Waals surface area (Å²) in [7, 11) is 0. The first-order valence-corrected chi connectivity index (χ1v) is 42.5. The van der Waals surface area contributed by atoms with E-state index in [1.54, 1.807) is 48.5 Å². The maximum Gasteiger partial charge on any atom is 0.293 e. The molecule has 0 heterocycles. The maximum atomic E-state index is 7.79. The van der Waals surface area contributed by atoms with E-state index in [0.717, 1.165) is 178 Å². The normalized spacial score (nSPS) is 12.1. The average Bonchev–Trinajstić information content (AvgIpc) is 0.754. The molecule has 14 heteroatoms. The summed E-state index contributed by atoms with van der Waals surface area (Å²) < 4.78 is 90.3. The molecule has 12 aromatic carbocycles. The summed E-state index contributed by atoms with van der Waals surface area (Å²) in [6.07, 6.45) is 4.96. The Hall–Kier alpha value is -10.3. The lowest BCUT2D eigenvalue weighted by atomic mass is 9.86. The number of halogens is 2. The van der Waals surface area contributed by atoms with Gasteiger partial charge in [-0.15, -0.1) is 0 Å². The minimum Gasteiger partial charge on any atom is -0.508 e. The van der Waals surface area contributed by atoms with Gasteiger partial charge in [-0.05, 0) is 310 Å². The average molecular weight is 1700 g/mol. The maximum absolute atomic E-state index is 7.79. The van der Waals surface area contributed by atoms with Gasteiger partial charge in [-0.1, -0.05) is 131 Å². The van der Waals surface area contributed by atoms with E-state index in [9.17, 15) is 0 Å². The van der Waals surface area contributed by atoms with Crippen molar-refractivity contribution >= 4 is 37.2 Å². The van der Waals surface area contributed by atoms with E-state index in [-0.39, 0.29) is 0 Å². The number of aromatic hydroxyl groups is 12. The van der Waals surface area contributed by atoms with E-state index in [1.165, 1.54) is 0 Å². The number of hydrogen-bond donors (Lipinski definition) is 12. The van der Waals surface area contributed by atoms with Crippen LogP contribution >= 0.6 is 37.2 Å². The molecule has 0 atom stereocenters. The first kappa shape index (κ1) is 66.9.